The van der Waals surface area contributed by atoms with Crippen LogP contribution in [0.3, 0.4) is 0 Å². The lowest BCUT2D eigenvalue weighted by molar-refractivity contribution is -0.123. The summed E-state index contributed by atoms with van der Waals surface area (Å²) in [7, 11) is 0. The standard InChI is InChI=1S/C24H14Cl3NO4S/c25-16-9-8-15(20(27)12-16)13-28-22(29)21(33-24(28)31)11-14-4-3-5-17(10-14)32-23(30)18-6-1-2-7-19(18)26/h1-12H,13H2/b21-11-. The summed E-state index contributed by atoms with van der Waals surface area (Å²) in [6.07, 6.45) is 1.57. The molecule has 1 aliphatic rings. The lowest BCUT2D eigenvalue weighted by atomic mass is 10.2. The van der Waals surface area contributed by atoms with Crippen molar-refractivity contribution in [3.05, 3.63) is 103 Å². The van der Waals surface area contributed by atoms with E-state index < -0.39 is 17.1 Å². The predicted molar refractivity (Wildman–Crippen MR) is 131 cm³/mol. The average molecular weight is 519 g/mol. The lowest BCUT2D eigenvalue weighted by Gasteiger charge is -2.13. The molecule has 0 spiro atoms. The van der Waals surface area contributed by atoms with Crippen LogP contribution in [0.15, 0.2) is 71.6 Å². The Labute approximate surface area is 208 Å². The number of carbonyl (C=O) groups excluding carboxylic acids is 3. The molecule has 0 unspecified atom stereocenters. The van der Waals surface area contributed by atoms with Crippen molar-refractivity contribution in [3.63, 3.8) is 0 Å². The van der Waals surface area contributed by atoms with Crippen molar-refractivity contribution >= 4 is 69.8 Å². The summed E-state index contributed by atoms with van der Waals surface area (Å²) in [4.78, 5) is 39.0. The van der Waals surface area contributed by atoms with Gasteiger partial charge in [0, 0.05) is 10.0 Å². The van der Waals surface area contributed by atoms with E-state index in [4.69, 9.17) is 39.5 Å². The topological polar surface area (TPSA) is 63.7 Å². The molecule has 4 rings (SSSR count). The number of imide groups is 1. The first-order valence-electron chi connectivity index (χ1n) is 9.58. The maximum Gasteiger partial charge on any atom is 0.345 e. The van der Waals surface area contributed by atoms with E-state index in [0.29, 0.717) is 21.2 Å². The third kappa shape index (κ3) is 5.42. The molecular formula is C24H14Cl3NO4S. The summed E-state index contributed by atoms with van der Waals surface area (Å²) < 4.78 is 5.41. The van der Waals surface area contributed by atoms with Gasteiger partial charge in [0.05, 0.1) is 22.0 Å². The molecule has 9 heteroatoms. The van der Waals surface area contributed by atoms with Crippen molar-refractivity contribution < 1.29 is 19.1 Å². The highest BCUT2D eigenvalue weighted by molar-refractivity contribution is 8.18. The Bertz CT molecular complexity index is 1310. The number of hydrogen-bond donors (Lipinski definition) is 0. The summed E-state index contributed by atoms with van der Waals surface area (Å²) in [5, 5.41) is 0.721. The molecule has 0 radical (unpaired) electrons. The van der Waals surface area contributed by atoms with Gasteiger partial charge in [-0.05, 0) is 65.4 Å². The van der Waals surface area contributed by atoms with Crippen LogP contribution < -0.4 is 4.74 Å². The zero-order valence-corrected chi connectivity index (χ0v) is 19.8. The van der Waals surface area contributed by atoms with E-state index >= 15 is 0 Å². The number of rotatable bonds is 5. The van der Waals surface area contributed by atoms with E-state index in [1.54, 1.807) is 72.8 Å². The van der Waals surface area contributed by atoms with Gasteiger partial charge in [-0.25, -0.2) is 4.79 Å². The maximum atomic E-state index is 12.8. The zero-order valence-electron chi connectivity index (χ0n) is 16.8. The van der Waals surface area contributed by atoms with Crippen molar-refractivity contribution in [1.29, 1.82) is 0 Å². The van der Waals surface area contributed by atoms with Gasteiger partial charge in [-0.1, -0.05) is 65.1 Å². The monoisotopic (exact) mass is 517 g/mol. The highest BCUT2D eigenvalue weighted by atomic mass is 35.5. The van der Waals surface area contributed by atoms with Crippen LogP contribution in [0, 0.1) is 0 Å². The minimum Gasteiger partial charge on any atom is -0.423 e. The Morgan fingerprint density at radius 2 is 1.73 bits per heavy atom. The number of halogens is 3. The van der Waals surface area contributed by atoms with Crippen LogP contribution >= 0.6 is 46.6 Å². The van der Waals surface area contributed by atoms with Crippen LogP contribution in [0.5, 0.6) is 5.75 Å². The van der Waals surface area contributed by atoms with E-state index in [1.165, 1.54) is 0 Å². The van der Waals surface area contributed by atoms with E-state index in [-0.39, 0.29) is 27.8 Å². The van der Waals surface area contributed by atoms with Gasteiger partial charge in [0.1, 0.15) is 5.75 Å². The van der Waals surface area contributed by atoms with Crippen LogP contribution in [0.1, 0.15) is 21.5 Å². The van der Waals surface area contributed by atoms with Crippen molar-refractivity contribution in [2.45, 2.75) is 6.54 Å². The van der Waals surface area contributed by atoms with Crippen LogP contribution in [0.2, 0.25) is 15.1 Å². The number of hydrogen-bond acceptors (Lipinski definition) is 5. The fourth-order valence-electron chi connectivity index (χ4n) is 3.06. The van der Waals surface area contributed by atoms with Gasteiger partial charge in [0.25, 0.3) is 11.1 Å². The molecule has 1 fully saturated rings. The molecule has 3 aromatic carbocycles. The summed E-state index contributed by atoms with van der Waals surface area (Å²) in [6, 6.07) is 18.1. The minimum absolute atomic E-state index is 0.0352. The average Bonchev–Trinajstić information content (AvgIpc) is 3.03. The van der Waals surface area contributed by atoms with Gasteiger partial charge < -0.3 is 4.74 Å². The van der Waals surface area contributed by atoms with Crippen LogP contribution in [-0.2, 0) is 11.3 Å². The fraction of sp³-hybridized carbons (Fsp3) is 0.0417. The second-order valence-corrected chi connectivity index (χ2v) is 9.19. The molecule has 2 amide bonds. The summed E-state index contributed by atoms with van der Waals surface area (Å²) in [6.45, 7) is 0.0352. The van der Waals surface area contributed by atoms with E-state index in [2.05, 4.69) is 0 Å². The van der Waals surface area contributed by atoms with Gasteiger partial charge in [-0.2, -0.15) is 0 Å². The third-order valence-electron chi connectivity index (χ3n) is 4.68. The van der Waals surface area contributed by atoms with Crippen molar-refractivity contribution in [3.8, 4) is 5.75 Å². The van der Waals surface area contributed by atoms with Gasteiger partial charge in [-0.3, -0.25) is 14.5 Å². The number of thioether (sulfide) groups is 1. The molecule has 166 valence electrons. The zero-order chi connectivity index (χ0) is 23.5. The lowest BCUT2D eigenvalue weighted by Crippen LogP contribution is -2.27. The van der Waals surface area contributed by atoms with Gasteiger partial charge in [0.2, 0.25) is 0 Å². The number of nitrogens with zero attached hydrogens (tertiary/aromatic N) is 1. The molecule has 0 N–H and O–H groups in total. The molecule has 1 saturated heterocycles. The molecule has 1 aliphatic heterocycles. The number of carbonyl (C=O) groups is 3. The minimum atomic E-state index is -0.599. The second-order valence-electron chi connectivity index (χ2n) is 6.95. The molecule has 0 aliphatic carbocycles. The summed E-state index contributed by atoms with van der Waals surface area (Å²) in [5.41, 5.74) is 1.44. The largest absolute Gasteiger partial charge is 0.423 e. The Kier molecular flexibility index (Phi) is 7.10. The highest BCUT2D eigenvalue weighted by Crippen LogP contribution is 2.35. The van der Waals surface area contributed by atoms with E-state index in [9.17, 15) is 14.4 Å². The van der Waals surface area contributed by atoms with Crippen LogP contribution in [-0.4, -0.2) is 22.0 Å². The maximum absolute atomic E-state index is 12.8. The number of amides is 2. The third-order valence-corrected chi connectivity index (χ3v) is 6.50. The Balaban J connectivity index is 1.51. The first-order chi connectivity index (χ1) is 15.8. The Hall–Kier alpha value is -2.77. The molecule has 0 saturated carbocycles. The molecule has 0 bridgehead atoms. The van der Waals surface area contributed by atoms with Gasteiger partial charge >= 0.3 is 5.97 Å². The predicted octanol–water partition coefficient (Wildman–Crippen LogP) is 7.10. The first-order valence-corrected chi connectivity index (χ1v) is 11.5. The highest BCUT2D eigenvalue weighted by Gasteiger charge is 2.35. The Morgan fingerprint density at radius 3 is 2.48 bits per heavy atom. The SMILES string of the molecule is O=C(Oc1cccc(/C=C2\SC(=O)N(Cc3ccc(Cl)cc3Cl)C2=O)c1)c1ccccc1Cl. The smallest absolute Gasteiger partial charge is 0.345 e. The van der Waals surface area contributed by atoms with E-state index in [1.807, 2.05) is 0 Å². The number of ether oxygens (including phenoxy) is 1. The van der Waals surface area contributed by atoms with Gasteiger partial charge in [0.15, 0.2) is 0 Å². The summed E-state index contributed by atoms with van der Waals surface area (Å²) in [5.74, 6) is -0.756. The van der Waals surface area contributed by atoms with E-state index in [0.717, 1.165) is 16.7 Å². The second kappa shape index (κ2) is 10.0. The summed E-state index contributed by atoms with van der Waals surface area (Å²) >= 11 is 19.0. The van der Waals surface area contributed by atoms with Crippen molar-refractivity contribution in [2.75, 3.05) is 0 Å². The Morgan fingerprint density at radius 1 is 0.939 bits per heavy atom. The van der Waals surface area contributed by atoms with Gasteiger partial charge in [-0.15, -0.1) is 0 Å². The molecule has 3 aromatic rings. The number of esters is 1. The van der Waals surface area contributed by atoms with Crippen LogP contribution in [0.25, 0.3) is 6.08 Å². The van der Waals surface area contributed by atoms with Crippen LogP contribution in [0.4, 0.5) is 4.79 Å². The number of benzene rings is 3. The molecule has 0 aromatic heterocycles. The molecule has 1 heterocycles. The van der Waals surface area contributed by atoms with Crippen molar-refractivity contribution in [1.82, 2.24) is 4.90 Å². The molecular weight excluding hydrogens is 505 g/mol. The quantitative estimate of drug-likeness (QED) is 0.205. The first kappa shape index (κ1) is 23.4. The molecule has 0 atom stereocenters. The van der Waals surface area contributed by atoms with Crippen molar-refractivity contribution in [2.24, 2.45) is 0 Å². The molecule has 33 heavy (non-hydrogen) atoms. The molecule has 5 nitrogen and oxygen atoms in total. The fourth-order valence-corrected chi connectivity index (χ4v) is 4.58. The normalized spacial score (nSPS) is 14.8.